The molecule has 0 spiro atoms. The molecule has 3 amide bonds. The number of carbonyl (C=O) groups excluding carboxylic acids is 3. The van der Waals surface area contributed by atoms with Crippen LogP contribution >= 0.6 is 23.1 Å². The molecule has 2 aliphatic rings. The first-order valence-corrected chi connectivity index (χ1v) is 14.8. The summed E-state index contributed by atoms with van der Waals surface area (Å²) in [5, 5.41) is 1.48. The molecule has 0 saturated carbocycles. The molecule has 8 nitrogen and oxygen atoms in total. The molecule has 4 aromatic rings. The van der Waals surface area contributed by atoms with E-state index in [-0.39, 0.29) is 5.03 Å². The van der Waals surface area contributed by atoms with Crippen LogP contribution in [0.4, 0.5) is 28.9 Å². The molecular weight excluding hydrogens is 622 g/mol. The number of alkyl halides is 3. The van der Waals surface area contributed by atoms with E-state index < -0.39 is 69.5 Å². The maximum absolute atomic E-state index is 13.9. The van der Waals surface area contributed by atoms with Crippen molar-refractivity contribution in [3.8, 4) is 5.75 Å². The monoisotopic (exact) mass is 643 g/mol. The van der Waals surface area contributed by atoms with Crippen LogP contribution in [0.1, 0.15) is 21.9 Å². The second kappa shape index (κ2) is 11.2. The predicted molar refractivity (Wildman–Crippen MR) is 156 cm³/mol. The summed E-state index contributed by atoms with van der Waals surface area (Å²) in [6, 6.07) is 16.2. The minimum Gasteiger partial charge on any atom is -0.497 e. The number of benzene rings is 3. The molecule has 1 N–H and O–H groups in total. The van der Waals surface area contributed by atoms with Crippen molar-refractivity contribution < 1.29 is 36.7 Å². The molecule has 1 fully saturated rings. The predicted octanol–water partition coefficient (Wildman–Crippen LogP) is 5.51. The van der Waals surface area contributed by atoms with Crippen LogP contribution in [0.15, 0.2) is 82.6 Å². The lowest BCUT2D eigenvalue weighted by atomic mass is 9.83. The van der Waals surface area contributed by atoms with Crippen LogP contribution in [0.3, 0.4) is 0 Å². The second-order valence-corrected chi connectivity index (χ2v) is 12.1. The van der Waals surface area contributed by atoms with Crippen LogP contribution in [-0.4, -0.2) is 34.6 Å². The molecule has 0 radical (unpaired) electrons. The van der Waals surface area contributed by atoms with E-state index in [9.17, 15) is 36.7 Å². The number of fused-ring (bicyclic) bond motifs is 2. The zero-order valence-corrected chi connectivity index (χ0v) is 24.3. The van der Waals surface area contributed by atoms with Crippen molar-refractivity contribution >= 4 is 52.2 Å². The Kier molecular flexibility index (Phi) is 7.58. The highest BCUT2D eigenvalue weighted by atomic mass is 32.2. The van der Waals surface area contributed by atoms with Gasteiger partial charge in [-0.1, -0.05) is 47.4 Å². The van der Waals surface area contributed by atoms with Gasteiger partial charge in [0.15, 0.2) is 0 Å². The molecule has 0 aliphatic carbocycles. The first-order chi connectivity index (χ1) is 21.0. The molecule has 0 bridgehead atoms. The number of aromatic nitrogens is 1. The summed E-state index contributed by atoms with van der Waals surface area (Å²) < 4.78 is 60.6. The normalized spacial score (nSPS) is 19.5. The summed E-state index contributed by atoms with van der Waals surface area (Å²) in [5.41, 5.74) is -0.712. The van der Waals surface area contributed by atoms with Crippen molar-refractivity contribution in [3.05, 3.63) is 104 Å². The molecule has 1 aromatic heterocycles. The molecule has 2 aliphatic heterocycles. The minimum absolute atomic E-state index is 0.243. The van der Waals surface area contributed by atoms with Gasteiger partial charge in [-0.25, -0.2) is 9.29 Å². The van der Waals surface area contributed by atoms with Crippen LogP contribution in [0.25, 0.3) is 0 Å². The van der Waals surface area contributed by atoms with E-state index >= 15 is 0 Å². The fourth-order valence-electron chi connectivity index (χ4n) is 5.44. The Morgan fingerprint density at radius 2 is 1.64 bits per heavy atom. The summed E-state index contributed by atoms with van der Waals surface area (Å²) in [4.78, 5) is 54.8. The summed E-state index contributed by atoms with van der Waals surface area (Å²) in [7, 11) is 1.48. The molecule has 44 heavy (non-hydrogen) atoms. The maximum Gasteiger partial charge on any atom is 0.418 e. The van der Waals surface area contributed by atoms with Gasteiger partial charge >= 0.3 is 11.0 Å². The first-order valence-electron chi connectivity index (χ1n) is 13.1. The fraction of sp³-hybridized carbons (Fsp3) is 0.200. The number of thioether (sulfide) groups is 1. The van der Waals surface area contributed by atoms with E-state index in [1.54, 1.807) is 24.3 Å². The average molecular weight is 644 g/mol. The Bertz CT molecular complexity index is 1840. The van der Waals surface area contributed by atoms with Gasteiger partial charge in [0.1, 0.15) is 23.4 Å². The van der Waals surface area contributed by atoms with Crippen LogP contribution < -0.4 is 19.8 Å². The largest absolute Gasteiger partial charge is 0.497 e. The zero-order valence-electron chi connectivity index (χ0n) is 22.6. The highest BCUT2D eigenvalue weighted by molar-refractivity contribution is 8.00. The quantitative estimate of drug-likeness (QED) is 0.220. The van der Waals surface area contributed by atoms with E-state index in [2.05, 4.69) is 5.32 Å². The lowest BCUT2D eigenvalue weighted by Gasteiger charge is -2.30. The third kappa shape index (κ3) is 5.17. The number of nitrogens with zero attached hydrogens (tertiary/aromatic N) is 2. The molecule has 1 saturated heterocycles. The van der Waals surface area contributed by atoms with Gasteiger partial charge in [0.05, 0.1) is 35.0 Å². The Morgan fingerprint density at radius 1 is 0.955 bits per heavy atom. The van der Waals surface area contributed by atoms with E-state index in [1.807, 2.05) is 0 Å². The third-order valence-corrected chi connectivity index (χ3v) is 10.0. The summed E-state index contributed by atoms with van der Waals surface area (Å²) >= 11 is 1.72. The van der Waals surface area contributed by atoms with Crippen molar-refractivity contribution in [2.45, 2.75) is 28.9 Å². The van der Waals surface area contributed by atoms with Gasteiger partial charge in [-0.15, -0.1) is 0 Å². The van der Waals surface area contributed by atoms with Gasteiger partial charge in [0.25, 0.3) is 0 Å². The van der Waals surface area contributed by atoms with Crippen LogP contribution in [0, 0.1) is 11.7 Å². The van der Waals surface area contributed by atoms with Crippen LogP contribution in [0.5, 0.6) is 5.75 Å². The SMILES string of the molecule is COc1ccc(N2C(=O)[C@H]3[C@H](c4ccc(F)cc4)c4sc(=O)n(CC(=O)Nc5ccccc5C(F)(F)F)c4S[C@H]3C2=O)cc1. The average Bonchev–Trinajstić information content (AvgIpc) is 3.43. The topological polar surface area (TPSA) is 97.7 Å². The number of rotatable bonds is 6. The van der Waals surface area contributed by atoms with Gasteiger partial charge in [0, 0.05) is 10.8 Å². The molecule has 226 valence electrons. The standard InChI is InChI=1S/C30H21F4N3O5S2/c1-42-18-12-10-17(11-13-18)37-26(39)23-22(15-6-8-16(31)9-7-15)25-28(43-24(23)27(37)40)36(29(41)44-25)14-21(38)35-20-5-3-2-4-19(20)30(32,33)34/h2-13,22-24H,14H2,1H3,(H,35,38)/t22-,23-,24+/m0/s1. The summed E-state index contributed by atoms with van der Waals surface area (Å²) in [6.45, 7) is -0.637. The molecule has 6 rings (SSSR count). The Morgan fingerprint density at radius 3 is 2.30 bits per heavy atom. The zero-order chi connectivity index (χ0) is 31.3. The molecule has 0 unspecified atom stereocenters. The molecule has 14 heteroatoms. The van der Waals surface area contributed by atoms with E-state index in [4.69, 9.17) is 4.74 Å². The summed E-state index contributed by atoms with van der Waals surface area (Å²) in [6.07, 6.45) is -4.72. The lowest BCUT2D eigenvalue weighted by Crippen LogP contribution is -2.33. The van der Waals surface area contributed by atoms with Gasteiger partial charge in [0.2, 0.25) is 17.7 Å². The second-order valence-electron chi connectivity index (χ2n) is 10.0. The van der Waals surface area contributed by atoms with Gasteiger partial charge in [-0.05, 0) is 54.1 Å². The number of anilines is 2. The van der Waals surface area contributed by atoms with Crippen molar-refractivity contribution in [2.75, 3.05) is 17.3 Å². The number of carbonyl (C=O) groups is 3. The van der Waals surface area contributed by atoms with E-state index in [0.29, 0.717) is 21.9 Å². The van der Waals surface area contributed by atoms with Crippen molar-refractivity contribution in [1.82, 2.24) is 4.57 Å². The highest BCUT2D eigenvalue weighted by Crippen LogP contribution is 2.54. The molecular formula is C30H21F4N3O5S2. The lowest BCUT2D eigenvalue weighted by molar-refractivity contribution is -0.137. The summed E-state index contributed by atoms with van der Waals surface area (Å²) in [5.74, 6) is -3.72. The number of nitrogens with one attached hydrogen (secondary N) is 1. The van der Waals surface area contributed by atoms with Gasteiger partial charge in [-0.3, -0.25) is 23.7 Å². The van der Waals surface area contributed by atoms with E-state index in [0.717, 1.165) is 44.7 Å². The Labute approximate surface area is 255 Å². The van der Waals surface area contributed by atoms with Gasteiger partial charge < -0.3 is 10.1 Å². The fourth-order valence-corrected chi connectivity index (χ4v) is 8.22. The van der Waals surface area contributed by atoms with Crippen molar-refractivity contribution in [2.24, 2.45) is 5.92 Å². The number of amides is 3. The van der Waals surface area contributed by atoms with Crippen LogP contribution in [0.2, 0.25) is 0 Å². The number of hydrogen-bond acceptors (Lipinski definition) is 7. The first kappa shape index (κ1) is 29.6. The third-order valence-electron chi connectivity index (χ3n) is 7.42. The smallest absolute Gasteiger partial charge is 0.418 e. The molecule has 3 atom stereocenters. The van der Waals surface area contributed by atoms with Crippen molar-refractivity contribution in [3.63, 3.8) is 0 Å². The van der Waals surface area contributed by atoms with Gasteiger partial charge in [-0.2, -0.15) is 13.2 Å². The number of ether oxygens (including phenoxy) is 1. The van der Waals surface area contributed by atoms with Crippen molar-refractivity contribution in [1.29, 1.82) is 0 Å². The Hall–Kier alpha value is -4.43. The number of halogens is 4. The minimum atomic E-state index is -4.72. The van der Waals surface area contributed by atoms with E-state index in [1.165, 1.54) is 43.5 Å². The number of hydrogen-bond donors (Lipinski definition) is 1. The number of para-hydroxylation sites is 1. The number of methoxy groups -OCH3 is 1. The number of thiazole rings is 1. The Balaban J connectivity index is 1.39. The highest BCUT2D eigenvalue weighted by Gasteiger charge is 2.56. The molecule has 3 heterocycles. The number of imide groups is 1. The molecule has 3 aromatic carbocycles. The van der Waals surface area contributed by atoms with Crippen LogP contribution in [-0.2, 0) is 27.1 Å². The maximum atomic E-state index is 13.9.